The van der Waals surface area contributed by atoms with Crippen molar-refractivity contribution in [2.75, 3.05) is 6.61 Å². The number of aromatic nitrogens is 1. The molecule has 3 nitrogen and oxygen atoms in total. The minimum Gasteiger partial charge on any atom is -0.477 e. The van der Waals surface area contributed by atoms with E-state index in [1.807, 2.05) is 0 Å². The van der Waals surface area contributed by atoms with Gasteiger partial charge in [-0.1, -0.05) is 0 Å². The van der Waals surface area contributed by atoms with Crippen LogP contribution in [0.3, 0.4) is 0 Å². The van der Waals surface area contributed by atoms with Crippen LogP contribution in [0.4, 0.5) is 17.6 Å². The molecule has 0 unspecified atom stereocenters. The topological polar surface area (TPSA) is 48.1 Å². The molecule has 2 N–H and O–H groups in total. The van der Waals surface area contributed by atoms with Crippen LogP contribution in [-0.2, 0) is 6.54 Å². The first-order valence-electron chi connectivity index (χ1n) is 4.96. The Morgan fingerprint density at radius 2 is 2.06 bits per heavy atom. The van der Waals surface area contributed by atoms with Crippen LogP contribution in [-0.4, -0.2) is 17.8 Å². The van der Waals surface area contributed by atoms with E-state index in [0.717, 1.165) is 12.3 Å². The molecule has 0 aliphatic carbocycles. The molecular weight excluding hydrogens is 240 g/mol. The molecule has 0 bridgehead atoms. The van der Waals surface area contributed by atoms with E-state index >= 15 is 0 Å². The smallest absolute Gasteiger partial charge is 0.389 e. The molecule has 1 heterocycles. The van der Waals surface area contributed by atoms with E-state index in [-0.39, 0.29) is 25.5 Å². The number of hydrogen-bond donors (Lipinski definition) is 1. The number of alkyl halides is 3. The molecule has 1 rings (SSSR count). The molecule has 0 radical (unpaired) electrons. The van der Waals surface area contributed by atoms with Gasteiger partial charge in [-0.2, -0.15) is 13.2 Å². The largest absolute Gasteiger partial charge is 0.477 e. The zero-order chi connectivity index (χ0) is 12.9. The first kappa shape index (κ1) is 13.7. The summed E-state index contributed by atoms with van der Waals surface area (Å²) in [5.41, 5.74) is 5.66. The van der Waals surface area contributed by atoms with Crippen molar-refractivity contribution in [3.63, 3.8) is 0 Å². The summed E-state index contributed by atoms with van der Waals surface area (Å²) in [5, 5.41) is 0. The highest BCUT2D eigenvalue weighted by molar-refractivity contribution is 5.25. The average molecular weight is 252 g/mol. The van der Waals surface area contributed by atoms with Crippen LogP contribution in [0, 0.1) is 5.82 Å². The first-order valence-corrected chi connectivity index (χ1v) is 4.96. The van der Waals surface area contributed by atoms with E-state index in [1.54, 1.807) is 0 Å². The fourth-order valence-corrected chi connectivity index (χ4v) is 1.19. The minimum atomic E-state index is -4.20. The van der Waals surface area contributed by atoms with Crippen LogP contribution in [0.1, 0.15) is 18.4 Å². The van der Waals surface area contributed by atoms with Crippen LogP contribution in [0.2, 0.25) is 0 Å². The van der Waals surface area contributed by atoms with Crippen LogP contribution < -0.4 is 10.5 Å². The quantitative estimate of drug-likeness (QED) is 0.646. The number of pyridine rings is 1. The Kier molecular flexibility index (Phi) is 4.68. The zero-order valence-corrected chi connectivity index (χ0v) is 8.93. The van der Waals surface area contributed by atoms with Crippen molar-refractivity contribution >= 4 is 0 Å². The van der Waals surface area contributed by atoms with Crippen molar-refractivity contribution in [2.45, 2.75) is 25.6 Å². The number of rotatable bonds is 5. The molecule has 17 heavy (non-hydrogen) atoms. The SMILES string of the molecule is NCc1cc(F)cnc1OCCCC(F)(F)F. The summed E-state index contributed by atoms with van der Waals surface area (Å²) in [5.74, 6) is -0.482. The summed E-state index contributed by atoms with van der Waals surface area (Å²) in [6.45, 7) is -0.121. The highest BCUT2D eigenvalue weighted by atomic mass is 19.4. The van der Waals surface area contributed by atoms with Gasteiger partial charge < -0.3 is 10.5 Å². The number of hydrogen-bond acceptors (Lipinski definition) is 3. The van der Waals surface area contributed by atoms with Gasteiger partial charge in [0.15, 0.2) is 0 Å². The third-order valence-electron chi connectivity index (χ3n) is 1.96. The second-order valence-corrected chi connectivity index (χ2v) is 3.39. The van der Waals surface area contributed by atoms with Crippen molar-refractivity contribution in [3.8, 4) is 5.88 Å². The van der Waals surface area contributed by atoms with Crippen molar-refractivity contribution in [1.82, 2.24) is 4.98 Å². The van der Waals surface area contributed by atoms with Gasteiger partial charge in [-0.3, -0.25) is 0 Å². The molecule has 0 spiro atoms. The summed E-state index contributed by atoms with van der Waals surface area (Å²) < 4.78 is 53.3. The van der Waals surface area contributed by atoms with E-state index in [2.05, 4.69) is 4.98 Å². The molecule has 0 aliphatic heterocycles. The second-order valence-electron chi connectivity index (χ2n) is 3.39. The van der Waals surface area contributed by atoms with E-state index in [0.29, 0.717) is 5.56 Å². The standard InChI is InChI=1S/C10H12F4N2O/c11-8-4-7(5-15)9(16-6-8)17-3-1-2-10(12,13)14/h4,6H,1-3,5,15H2. The lowest BCUT2D eigenvalue weighted by Crippen LogP contribution is -2.11. The van der Waals surface area contributed by atoms with Crippen molar-refractivity contribution < 1.29 is 22.3 Å². The maximum Gasteiger partial charge on any atom is 0.389 e. The third kappa shape index (κ3) is 4.99. The second kappa shape index (κ2) is 5.81. The number of ether oxygens (including phenoxy) is 1. The molecular formula is C10H12F4N2O. The van der Waals surface area contributed by atoms with Crippen molar-refractivity contribution in [1.29, 1.82) is 0 Å². The molecule has 0 aliphatic rings. The highest BCUT2D eigenvalue weighted by Gasteiger charge is 2.26. The summed E-state index contributed by atoms with van der Waals surface area (Å²) in [4.78, 5) is 3.62. The third-order valence-corrected chi connectivity index (χ3v) is 1.96. The van der Waals surface area contributed by atoms with Gasteiger partial charge in [0.1, 0.15) is 5.82 Å². The highest BCUT2D eigenvalue weighted by Crippen LogP contribution is 2.22. The van der Waals surface area contributed by atoms with Crippen LogP contribution in [0.15, 0.2) is 12.3 Å². The summed E-state index contributed by atoms with van der Waals surface area (Å²) >= 11 is 0. The van der Waals surface area contributed by atoms with E-state index in [4.69, 9.17) is 10.5 Å². The molecule has 0 aromatic carbocycles. The summed E-state index contributed by atoms with van der Waals surface area (Å²) in [6, 6.07) is 1.14. The Morgan fingerprint density at radius 3 is 2.65 bits per heavy atom. The minimum absolute atomic E-state index is 0.0133. The molecule has 96 valence electrons. The average Bonchev–Trinajstić information content (AvgIpc) is 2.24. The van der Waals surface area contributed by atoms with E-state index in [9.17, 15) is 17.6 Å². The van der Waals surface area contributed by atoms with Gasteiger partial charge in [-0.05, 0) is 12.5 Å². The molecule has 0 saturated heterocycles. The fraction of sp³-hybridized carbons (Fsp3) is 0.500. The van der Waals surface area contributed by atoms with E-state index in [1.165, 1.54) is 0 Å². The van der Waals surface area contributed by atoms with Gasteiger partial charge >= 0.3 is 6.18 Å². The molecule has 0 fully saturated rings. The Balaban J connectivity index is 2.46. The van der Waals surface area contributed by atoms with Gasteiger partial charge in [0.2, 0.25) is 5.88 Å². The lowest BCUT2D eigenvalue weighted by atomic mass is 10.2. The molecule has 0 atom stereocenters. The van der Waals surface area contributed by atoms with E-state index < -0.39 is 18.4 Å². The van der Waals surface area contributed by atoms with Gasteiger partial charge in [-0.15, -0.1) is 0 Å². The first-order chi connectivity index (χ1) is 7.92. The van der Waals surface area contributed by atoms with Crippen LogP contribution in [0.5, 0.6) is 5.88 Å². The molecule has 1 aromatic rings. The Morgan fingerprint density at radius 1 is 1.35 bits per heavy atom. The predicted octanol–water partition coefficient (Wildman–Crippen LogP) is 2.40. The molecule has 7 heteroatoms. The Hall–Kier alpha value is -1.37. The number of nitrogens with two attached hydrogens (primary N) is 1. The van der Waals surface area contributed by atoms with Gasteiger partial charge in [-0.25, -0.2) is 9.37 Å². The normalized spacial score (nSPS) is 11.6. The summed E-state index contributed by atoms with van der Waals surface area (Å²) in [7, 11) is 0. The number of nitrogens with zero attached hydrogens (tertiary/aromatic N) is 1. The molecule has 1 aromatic heterocycles. The maximum absolute atomic E-state index is 12.8. The van der Waals surface area contributed by atoms with Gasteiger partial charge in [0.05, 0.1) is 12.8 Å². The Bertz CT molecular complexity index is 368. The maximum atomic E-state index is 12.8. The van der Waals surface area contributed by atoms with Crippen LogP contribution in [0.25, 0.3) is 0 Å². The van der Waals surface area contributed by atoms with Gasteiger partial charge in [0.25, 0.3) is 0 Å². The van der Waals surface area contributed by atoms with Crippen molar-refractivity contribution in [3.05, 3.63) is 23.6 Å². The summed E-state index contributed by atoms with van der Waals surface area (Å²) in [6.07, 6.45) is -4.37. The fourth-order valence-electron chi connectivity index (χ4n) is 1.19. The lowest BCUT2D eigenvalue weighted by Gasteiger charge is -2.10. The number of halogens is 4. The predicted molar refractivity (Wildman–Crippen MR) is 52.9 cm³/mol. The monoisotopic (exact) mass is 252 g/mol. The van der Waals surface area contributed by atoms with Crippen LogP contribution >= 0.6 is 0 Å². The van der Waals surface area contributed by atoms with Gasteiger partial charge in [0, 0.05) is 18.5 Å². The molecule has 0 saturated carbocycles. The lowest BCUT2D eigenvalue weighted by molar-refractivity contribution is -0.136. The molecule has 0 amide bonds. The Labute approximate surface area is 95.6 Å². The van der Waals surface area contributed by atoms with Crippen molar-refractivity contribution in [2.24, 2.45) is 5.73 Å². The zero-order valence-electron chi connectivity index (χ0n) is 8.93.